The second-order valence-corrected chi connectivity index (χ2v) is 5.09. The highest BCUT2D eigenvalue weighted by Gasteiger charge is 1.99. The van der Waals surface area contributed by atoms with Crippen LogP contribution in [0.1, 0.15) is 12.0 Å². The van der Waals surface area contributed by atoms with E-state index in [1.54, 1.807) is 0 Å². The number of hydrogen-bond donors (Lipinski definition) is 2. The summed E-state index contributed by atoms with van der Waals surface area (Å²) in [6, 6.07) is 6.28. The Labute approximate surface area is 106 Å². The van der Waals surface area contributed by atoms with Gasteiger partial charge >= 0.3 is 0 Å². The molecule has 0 fully saturated rings. The van der Waals surface area contributed by atoms with Crippen molar-refractivity contribution in [2.24, 2.45) is 0 Å². The predicted octanol–water partition coefficient (Wildman–Crippen LogP) is 2.53. The SMILES string of the molecule is OCCCNCc1cc(I)ccc1Br. The van der Waals surface area contributed by atoms with Gasteiger partial charge in [0.1, 0.15) is 0 Å². The van der Waals surface area contributed by atoms with Gasteiger partial charge in [0.25, 0.3) is 0 Å². The van der Waals surface area contributed by atoms with Gasteiger partial charge in [-0.3, -0.25) is 0 Å². The maximum absolute atomic E-state index is 8.61. The molecule has 0 saturated carbocycles. The molecule has 1 aromatic rings. The quantitative estimate of drug-likeness (QED) is 0.617. The third-order valence-electron chi connectivity index (χ3n) is 1.83. The standard InChI is InChI=1S/C10H13BrINO/c11-10-3-2-9(12)6-8(10)7-13-4-1-5-14/h2-3,6,13-14H,1,4-5,7H2. The van der Waals surface area contributed by atoms with Crippen LogP contribution in [0, 0.1) is 3.57 Å². The van der Waals surface area contributed by atoms with Gasteiger partial charge in [0.05, 0.1) is 0 Å². The molecule has 0 aliphatic carbocycles. The summed E-state index contributed by atoms with van der Waals surface area (Å²) in [7, 11) is 0. The van der Waals surface area contributed by atoms with Crippen molar-refractivity contribution in [2.45, 2.75) is 13.0 Å². The third-order valence-corrected chi connectivity index (χ3v) is 3.28. The van der Waals surface area contributed by atoms with E-state index in [2.05, 4.69) is 62.0 Å². The van der Waals surface area contributed by atoms with E-state index in [0.29, 0.717) is 0 Å². The Morgan fingerprint density at radius 1 is 1.43 bits per heavy atom. The Hall–Kier alpha value is 0.350. The summed E-state index contributed by atoms with van der Waals surface area (Å²) in [5, 5.41) is 11.9. The van der Waals surface area contributed by atoms with Crippen LogP contribution in [-0.2, 0) is 6.54 Å². The minimum absolute atomic E-state index is 0.250. The van der Waals surface area contributed by atoms with Gasteiger partial charge in [-0.05, 0) is 59.3 Å². The number of aliphatic hydroxyl groups is 1. The molecule has 0 atom stereocenters. The number of hydrogen-bond acceptors (Lipinski definition) is 2. The second kappa shape index (κ2) is 6.76. The Bertz CT molecular complexity index is 293. The maximum Gasteiger partial charge on any atom is 0.0443 e. The van der Waals surface area contributed by atoms with Gasteiger partial charge in [0, 0.05) is 21.2 Å². The lowest BCUT2D eigenvalue weighted by Gasteiger charge is -2.06. The summed E-state index contributed by atoms with van der Waals surface area (Å²) in [6.07, 6.45) is 0.807. The maximum atomic E-state index is 8.61. The Kier molecular flexibility index (Phi) is 6.00. The average molecular weight is 370 g/mol. The molecule has 14 heavy (non-hydrogen) atoms. The lowest BCUT2D eigenvalue weighted by molar-refractivity contribution is 0.286. The predicted molar refractivity (Wildman–Crippen MR) is 70.3 cm³/mol. The first-order valence-electron chi connectivity index (χ1n) is 4.49. The molecule has 0 amide bonds. The molecule has 1 rings (SSSR count). The molecule has 0 unspecified atom stereocenters. The van der Waals surface area contributed by atoms with Gasteiger partial charge in [-0.15, -0.1) is 0 Å². The van der Waals surface area contributed by atoms with Crippen LogP contribution in [0.15, 0.2) is 22.7 Å². The van der Waals surface area contributed by atoms with Crippen LogP contribution in [0.3, 0.4) is 0 Å². The first kappa shape index (κ1) is 12.4. The smallest absolute Gasteiger partial charge is 0.0443 e. The second-order valence-electron chi connectivity index (χ2n) is 2.99. The lowest BCUT2D eigenvalue weighted by atomic mass is 10.2. The highest BCUT2D eigenvalue weighted by Crippen LogP contribution is 2.19. The molecular weight excluding hydrogens is 357 g/mol. The number of benzene rings is 1. The Balaban J connectivity index is 2.45. The largest absolute Gasteiger partial charge is 0.396 e. The van der Waals surface area contributed by atoms with E-state index in [-0.39, 0.29) is 6.61 Å². The van der Waals surface area contributed by atoms with Gasteiger partial charge in [0.2, 0.25) is 0 Å². The molecule has 0 saturated heterocycles. The first-order valence-corrected chi connectivity index (χ1v) is 6.36. The van der Waals surface area contributed by atoms with Crippen LogP contribution >= 0.6 is 38.5 Å². The van der Waals surface area contributed by atoms with Crippen molar-refractivity contribution in [1.29, 1.82) is 0 Å². The van der Waals surface area contributed by atoms with Crippen LogP contribution in [0.2, 0.25) is 0 Å². The third kappa shape index (κ3) is 4.25. The fourth-order valence-electron chi connectivity index (χ4n) is 1.11. The zero-order chi connectivity index (χ0) is 10.4. The highest BCUT2D eigenvalue weighted by atomic mass is 127. The summed E-state index contributed by atoms with van der Waals surface area (Å²) in [5.74, 6) is 0. The first-order chi connectivity index (χ1) is 6.74. The van der Waals surface area contributed by atoms with Gasteiger partial charge in [-0.1, -0.05) is 15.9 Å². The van der Waals surface area contributed by atoms with Crippen molar-refractivity contribution in [3.8, 4) is 0 Å². The topological polar surface area (TPSA) is 32.3 Å². The fourth-order valence-corrected chi connectivity index (χ4v) is 2.05. The molecule has 78 valence electrons. The van der Waals surface area contributed by atoms with Crippen LogP contribution < -0.4 is 5.32 Å². The summed E-state index contributed by atoms with van der Waals surface area (Å²) < 4.78 is 2.37. The van der Waals surface area contributed by atoms with E-state index in [1.807, 2.05) is 0 Å². The van der Waals surface area contributed by atoms with E-state index in [4.69, 9.17) is 5.11 Å². The minimum atomic E-state index is 0.250. The molecule has 4 heteroatoms. The fraction of sp³-hybridized carbons (Fsp3) is 0.400. The number of nitrogens with one attached hydrogen (secondary N) is 1. The molecule has 0 bridgehead atoms. The normalized spacial score (nSPS) is 10.5. The molecule has 2 nitrogen and oxygen atoms in total. The molecule has 0 aromatic heterocycles. The number of rotatable bonds is 5. The van der Waals surface area contributed by atoms with Crippen LogP contribution in [-0.4, -0.2) is 18.3 Å². The van der Waals surface area contributed by atoms with Crippen molar-refractivity contribution in [1.82, 2.24) is 5.32 Å². The Morgan fingerprint density at radius 3 is 2.93 bits per heavy atom. The van der Waals surface area contributed by atoms with Crippen LogP contribution in [0.5, 0.6) is 0 Å². The highest BCUT2D eigenvalue weighted by molar-refractivity contribution is 14.1. The van der Waals surface area contributed by atoms with E-state index in [1.165, 1.54) is 9.13 Å². The number of halogens is 2. The van der Waals surface area contributed by atoms with Crippen LogP contribution in [0.25, 0.3) is 0 Å². The van der Waals surface area contributed by atoms with E-state index in [0.717, 1.165) is 24.0 Å². The molecular formula is C10H13BrINO. The van der Waals surface area contributed by atoms with Crippen LogP contribution in [0.4, 0.5) is 0 Å². The van der Waals surface area contributed by atoms with Gasteiger partial charge in [0.15, 0.2) is 0 Å². The molecule has 0 aliphatic rings. The van der Waals surface area contributed by atoms with Gasteiger partial charge in [-0.2, -0.15) is 0 Å². The molecule has 0 radical (unpaired) electrons. The lowest BCUT2D eigenvalue weighted by Crippen LogP contribution is -2.16. The van der Waals surface area contributed by atoms with E-state index >= 15 is 0 Å². The number of aliphatic hydroxyl groups excluding tert-OH is 1. The molecule has 0 spiro atoms. The summed E-state index contributed by atoms with van der Waals surface area (Å²) in [4.78, 5) is 0. The summed E-state index contributed by atoms with van der Waals surface area (Å²) >= 11 is 5.81. The van der Waals surface area contributed by atoms with Crippen molar-refractivity contribution in [3.05, 3.63) is 31.8 Å². The van der Waals surface area contributed by atoms with Gasteiger partial charge < -0.3 is 10.4 Å². The average Bonchev–Trinajstić information content (AvgIpc) is 2.18. The molecule has 1 aromatic carbocycles. The summed E-state index contributed by atoms with van der Waals surface area (Å²) in [6.45, 7) is 1.95. The molecule has 2 N–H and O–H groups in total. The van der Waals surface area contributed by atoms with Crippen molar-refractivity contribution in [2.75, 3.05) is 13.2 Å². The van der Waals surface area contributed by atoms with Gasteiger partial charge in [-0.25, -0.2) is 0 Å². The zero-order valence-electron chi connectivity index (χ0n) is 7.76. The van der Waals surface area contributed by atoms with Crippen molar-refractivity contribution in [3.63, 3.8) is 0 Å². The molecule has 0 heterocycles. The van der Waals surface area contributed by atoms with Crippen molar-refractivity contribution >= 4 is 38.5 Å². The zero-order valence-corrected chi connectivity index (χ0v) is 11.5. The minimum Gasteiger partial charge on any atom is -0.396 e. The Morgan fingerprint density at radius 2 is 2.21 bits per heavy atom. The summed E-state index contributed by atoms with van der Waals surface area (Å²) in [5.41, 5.74) is 1.26. The van der Waals surface area contributed by atoms with E-state index in [9.17, 15) is 0 Å². The van der Waals surface area contributed by atoms with E-state index < -0.39 is 0 Å². The monoisotopic (exact) mass is 369 g/mol. The molecule has 0 aliphatic heterocycles. The van der Waals surface area contributed by atoms with Crippen molar-refractivity contribution < 1.29 is 5.11 Å².